The Hall–Kier alpha value is -0.120. The van der Waals surface area contributed by atoms with E-state index in [1.165, 1.54) is 12.8 Å². The second-order valence-electron chi connectivity index (χ2n) is 3.74. The van der Waals surface area contributed by atoms with Gasteiger partial charge < -0.3 is 15.2 Å². The largest absolute Gasteiger partial charge is 0.380 e. The fraction of sp³-hybridized carbons (Fsp3) is 1.00. The molecule has 0 aromatic carbocycles. The summed E-state index contributed by atoms with van der Waals surface area (Å²) in [5, 5.41) is 0. The maximum atomic E-state index is 6.06. The Labute approximate surface area is 80.6 Å². The molecule has 0 aromatic heterocycles. The van der Waals surface area contributed by atoms with Crippen LogP contribution in [0.1, 0.15) is 32.6 Å². The van der Waals surface area contributed by atoms with Crippen LogP contribution in [0.25, 0.3) is 0 Å². The van der Waals surface area contributed by atoms with Crippen molar-refractivity contribution in [3.8, 4) is 0 Å². The van der Waals surface area contributed by atoms with Gasteiger partial charge in [0.25, 0.3) is 0 Å². The van der Waals surface area contributed by atoms with Crippen molar-refractivity contribution in [3.05, 3.63) is 0 Å². The third kappa shape index (κ3) is 2.42. The SMILES string of the molecule is CCOCC(N)C1(OC)CCCC1. The molecule has 0 heterocycles. The Morgan fingerprint density at radius 3 is 2.46 bits per heavy atom. The Morgan fingerprint density at radius 1 is 1.38 bits per heavy atom. The van der Waals surface area contributed by atoms with Gasteiger partial charge in [-0.1, -0.05) is 12.8 Å². The molecule has 1 rings (SSSR count). The van der Waals surface area contributed by atoms with E-state index in [2.05, 4.69) is 0 Å². The minimum atomic E-state index is -0.102. The molecule has 1 fully saturated rings. The van der Waals surface area contributed by atoms with Crippen molar-refractivity contribution in [2.75, 3.05) is 20.3 Å². The van der Waals surface area contributed by atoms with E-state index in [0.717, 1.165) is 19.4 Å². The first-order valence-electron chi connectivity index (χ1n) is 5.13. The lowest BCUT2D eigenvalue weighted by atomic mass is 9.93. The molecule has 0 bridgehead atoms. The second kappa shape index (κ2) is 4.94. The van der Waals surface area contributed by atoms with Gasteiger partial charge in [-0.3, -0.25) is 0 Å². The number of hydrogen-bond acceptors (Lipinski definition) is 3. The van der Waals surface area contributed by atoms with Gasteiger partial charge in [-0.05, 0) is 19.8 Å². The number of ether oxygens (including phenoxy) is 2. The maximum absolute atomic E-state index is 6.06. The fourth-order valence-corrected chi connectivity index (χ4v) is 2.10. The highest BCUT2D eigenvalue weighted by Crippen LogP contribution is 2.34. The van der Waals surface area contributed by atoms with Crippen LogP contribution in [0.15, 0.2) is 0 Å². The zero-order valence-corrected chi connectivity index (χ0v) is 8.71. The molecule has 3 heteroatoms. The van der Waals surface area contributed by atoms with Crippen molar-refractivity contribution >= 4 is 0 Å². The van der Waals surface area contributed by atoms with Gasteiger partial charge in [-0.15, -0.1) is 0 Å². The van der Waals surface area contributed by atoms with Crippen molar-refractivity contribution in [1.82, 2.24) is 0 Å². The van der Waals surface area contributed by atoms with Crippen molar-refractivity contribution in [2.24, 2.45) is 5.73 Å². The predicted octanol–water partition coefficient (Wildman–Crippen LogP) is 1.31. The van der Waals surface area contributed by atoms with Crippen molar-refractivity contribution in [3.63, 3.8) is 0 Å². The van der Waals surface area contributed by atoms with Gasteiger partial charge >= 0.3 is 0 Å². The molecule has 0 saturated heterocycles. The first-order chi connectivity index (χ1) is 6.25. The van der Waals surface area contributed by atoms with E-state index in [9.17, 15) is 0 Å². The molecule has 1 aliphatic carbocycles. The number of hydrogen-bond donors (Lipinski definition) is 1. The molecule has 1 atom stereocenters. The van der Waals surface area contributed by atoms with Crippen LogP contribution >= 0.6 is 0 Å². The van der Waals surface area contributed by atoms with Gasteiger partial charge in [0.2, 0.25) is 0 Å². The molecular formula is C10H21NO2. The Morgan fingerprint density at radius 2 is 2.00 bits per heavy atom. The lowest BCUT2D eigenvalue weighted by Crippen LogP contribution is -2.50. The van der Waals surface area contributed by atoms with Crippen LogP contribution in [0.4, 0.5) is 0 Å². The summed E-state index contributed by atoms with van der Waals surface area (Å²) in [6.45, 7) is 3.33. The highest BCUT2D eigenvalue weighted by molar-refractivity contribution is 4.95. The summed E-state index contributed by atoms with van der Waals surface area (Å²) in [5.41, 5.74) is 5.96. The van der Waals surface area contributed by atoms with E-state index in [0.29, 0.717) is 6.61 Å². The average Bonchev–Trinajstić information content (AvgIpc) is 2.63. The molecule has 1 saturated carbocycles. The molecule has 0 radical (unpaired) electrons. The number of methoxy groups -OCH3 is 1. The van der Waals surface area contributed by atoms with Gasteiger partial charge in [-0.2, -0.15) is 0 Å². The Kier molecular flexibility index (Phi) is 4.16. The monoisotopic (exact) mass is 187 g/mol. The minimum Gasteiger partial charge on any atom is -0.380 e. The van der Waals surface area contributed by atoms with Crippen LogP contribution in [0, 0.1) is 0 Å². The van der Waals surface area contributed by atoms with Gasteiger partial charge in [0, 0.05) is 13.7 Å². The molecule has 13 heavy (non-hydrogen) atoms. The van der Waals surface area contributed by atoms with Crippen molar-refractivity contribution in [1.29, 1.82) is 0 Å². The van der Waals surface area contributed by atoms with E-state index in [-0.39, 0.29) is 11.6 Å². The van der Waals surface area contributed by atoms with Crippen molar-refractivity contribution < 1.29 is 9.47 Å². The normalized spacial score (nSPS) is 23.3. The first kappa shape index (κ1) is 11.0. The van der Waals surface area contributed by atoms with Crippen LogP contribution in [0.5, 0.6) is 0 Å². The number of nitrogens with two attached hydrogens (primary N) is 1. The third-order valence-electron chi connectivity index (χ3n) is 3.03. The molecule has 0 spiro atoms. The summed E-state index contributed by atoms with van der Waals surface area (Å²) in [6.07, 6.45) is 4.62. The summed E-state index contributed by atoms with van der Waals surface area (Å²) in [7, 11) is 1.76. The Bertz CT molecular complexity index is 144. The molecule has 1 unspecified atom stereocenters. The van der Waals surface area contributed by atoms with E-state index in [1.54, 1.807) is 7.11 Å². The molecule has 0 aromatic rings. The molecule has 1 aliphatic rings. The Balaban J connectivity index is 2.44. The van der Waals surface area contributed by atoms with Gasteiger partial charge in [0.05, 0.1) is 18.2 Å². The molecule has 0 amide bonds. The lowest BCUT2D eigenvalue weighted by molar-refractivity contribution is -0.0474. The maximum Gasteiger partial charge on any atom is 0.0851 e. The summed E-state index contributed by atoms with van der Waals surface area (Å²) < 4.78 is 10.9. The molecular weight excluding hydrogens is 166 g/mol. The van der Waals surface area contributed by atoms with Crippen LogP contribution in [-0.4, -0.2) is 32.0 Å². The van der Waals surface area contributed by atoms with Crippen LogP contribution in [0.2, 0.25) is 0 Å². The van der Waals surface area contributed by atoms with Gasteiger partial charge in [0.1, 0.15) is 0 Å². The quantitative estimate of drug-likeness (QED) is 0.705. The summed E-state index contributed by atoms with van der Waals surface area (Å²) in [5.74, 6) is 0. The van der Waals surface area contributed by atoms with E-state index in [1.807, 2.05) is 6.92 Å². The minimum absolute atomic E-state index is 0.0277. The molecule has 78 valence electrons. The molecule has 0 aliphatic heterocycles. The summed E-state index contributed by atoms with van der Waals surface area (Å²) in [4.78, 5) is 0. The number of rotatable bonds is 5. The lowest BCUT2D eigenvalue weighted by Gasteiger charge is -2.33. The fourth-order valence-electron chi connectivity index (χ4n) is 2.10. The average molecular weight is 187 g/mol. The zero-order chi connectivity index (χ0) is 9.73. The van der Waals surface area contributed by atoms with Crippen LogP contribution < -0.4 is 5.73 Å². The molecule has 3 nitrogen and oxygen atoms in total. The van der Waals surface area contributed by atoms with Gasteiger partial charge in [0.15, 0.2) is 0 Å². The standard InChI is InChI=1S/C10H21NO2/c1-3-13-8-9(11)10(12-2)6-4-5-7-10/h9H,3-8,11H2,1-2H3. The van der Waals surface area contributed by atoms with Crippen LogP contribution in [0.3, 0.4) is 0 Å². The molecule has 2 N–H and O–H groups in total. The smallest absolute Gasteiger partial charge is 0.0851 e. The highest BCUT2D eigenvalue weighted by Gasteiger charge is 2.39. The topological polar surface area (TPSA) is 44.5 Å². The van der Waals surface area contributed by atoms with Crippen molar-refractivity contribution in [2.45, 2.75) is 44.2 Å². The second-order valence-corrected chi connectivity index (χ2v) is 3.74. The third-order valence-corrected chi connectivity index (χ3v) is 3.03. The van der Waals surface area contributed by atoms with Crippen LogP contribution in [-0.2, 0) is 9.47 Å². The van der Waals surface area contributed by atoms with E-state index in [4.69, 9.17) is 15.2 Å². The van der Waals surface area contributed by atoms with E-state index >= 15 is 0 Å². The summed E-state index contributed by atoms with van der Waals surface area (Å²) >= 11 is 0. The summed E-state index contributed by atoms with van der Waals surface area (Å²) in [6, 6.07) is 0.0277. The van der Waals surface area contributed by atoms with Gasteiger partial charge in [-0.25, -0.2) is 0 Å². The van der Waals surface area contributed by atoms with E-state index < -0.39 is 0 Å². The highest BCUT2D eigenvalue weighted by atomic mass is 16.5. The predicted molar refractivity (Wildman–Crippen MR) is 52.7 cm³/mol. The zero-order valence-electron chi connectivity index (χ0n) is 8.71. The first-order valence-corrected chi connectivity index (χ1v) is 5.13.